The van der Waals surface area contributed by atoms with E-state index in [1.807, 2.05) is 0 Å². The number of benzene rings is 1. The number of nitrogens with zero attached hydrogens (tertiary/aromatic N) is 1. The Kier molecular flexibility index (Phi) is 3.79. The molecule has 0 unspecified atom stereocenters. The molecule has 0 spiro atoms. The minimum Gasteiger partial charge on any atom is -0.273 e. The summed E-state index contributed by atoms with van der Waals surface area (Å²) in [7, 11) is 0. The van der Waals surface area contributed by atoms with E-state index in [0.717, 1.165) is 41.5 Å². The Morgan fingerprint density at radius 3 is 2.43 bits per heavy atom. The molecule has 4 aliphatic rings. The minimum absolute atomic E-state index is 0.0308. The molecule has 4 bridgehead atoms. The van der Waals surface area contributed by atoms with Crippen molar-refractivity contribution in [2.75, 3.05) is 0 Å². The van der Waals surface area contributed by atoms with Crippen molar-refractivity contribution in [2.45, 2.75) is 38.5 Å². The molecule has 4 fully saturated rings. The van der Waals surface area contributed by atoms with Crippen molar-refractivity contribution >= 4 is 28.1 Å². The minimum atomic E-state index is -0.346. The van der Waals surface area contributed by atoms with E-state index in [9.17, 15) is 9.18 Å². The van der Waals surface area contributed by atoms with Gasteiger partial charge >= 0.3 is 0 Å². The summed E-state index contributed by atoms with van der Waals surface area (Å²) in [4.78, 5) is 12.7. The highest BCUT2D eigenvalue weighted by atomic mass is 79.9. The maximum absolute atomic E-state index is 13.7. The van der Waals surface area contributed by atoms with Crippen LogP contribution in [0.5, 0.6) is 0 Å². The van der Waals surface area contributed by atoms with Crippen LogP contribution in [-0.2, 0) is 4.79 Å². The molecule has 0 aliphatic heterocycles. The summed E-state index contributed by atoms with van der Waals surface area (Å²) < 4.78 is 14.5. The normalized spacial score (nSPS) is 35.0. The van der Waals surface area contributed by atoms with E-state index in [2.05, 4.69) is 26.5 Å². The number of hydrogen-bond acceptors (Lipinski definition) is 2. The Morgan fingerprint density at radius 1 is 1.22 bits per heavy atom. The third kappa shape index (κ3) is 2.84. The van der Waals surface area contributed by atoms with Crippen molar-refractivity contribution < 1.29 is 9.18 Å². The van der Waals surface area contributed by atoms with Crippen LogP contribution in [0.25, 0.3) is 0 Å². The van der Waals surface area contributed by atoms with E-state index in [-0.39, 0.29) is 17.1 Å². The topological polar surface area (TPSA) is 41.5 Å². The molecule has 1 aromatic carbocycles. The Balaban J connectivity index is 1.46. The Bertz CT molecular complexity index is 638. The van der Waals surface area contributed by atoms with Gasteiger partial charge in [0, 0.05) is 10.0 Å². The molecular formula is C18H20BrFN2O. The average Bonchev–Trinajstić information content (AvgIpc) is 2.49. The van der Waals surface area contributed by atoms with Gasteiger partial charge in [0.15, 0.2) is 0 Å². The molecule has 1 aromatic rings. The molecule has 5 heteroatoms. The summed E-state index contributed by atoms with van der Waals surface area (Å²) in [5.41, 5.74) is 2.83. The first-order chi connectivity index (χ1) is 11.0. The van der Waals surface area contributed by atoms with Crippen molar-refractivity contribution in [1.29, 1.82) is 0 Å². The van der Waals surface area contributed by atoms with Gasteiger partial charge in [-0.2, -0.15) is 5.10 Å². The molecule has 0 atom stereocenters. The first-order valence-electron chi connectivity index (χ1n) is 8.33. The van der Waals surface area contributed by atoms with E-state index in [4.69, 9.17) is 0 Å². The summed E-state index contributed by atoms with van der Waals surface area (Å²) in [6.45, 7) is 0. The van der Waals surface area contributed by atoms with Crippen LogP contribution >= 0.6 is 15.9 Å². The fourth-order valence-electron chi connectivity index (χ4n) is 5.28. The van der Waals surface area contributed by atoms with Crippen molar-refractivity contribution in [3.05, 3.63) is 34.1 Å². The second-order valence-electron chi connectivity index (χ2n) is 7.56. The highest BCUT2D eigenvalue weighted by Crippen LogP contribution is 2.60. The van der Waals surface area contributed by atoms with Crippen molar-refractivity contribution in [2.24, 2.45) is 28.3 Å². The number of nitrogens with one attached hydrogen (secondary N) is 1. The zero-order valence-corrected chi connectivity index (χ0v) is 14.5. The lowest BCUT2D eigenvalue weighted by Crippen LogP contribution is -2.52. The van der Waals surface area contributed by atoms with Crippen molar-refractivity contribution in [1.82, 2.24) is 5.43 Å². The van der Waals surface area contributed by atoms with E-state index in [1.165, 1.54) is 31.5 Å². The summed E-state index contributed by atoms with van der Waals surface area (Å²) in [5.74, 6) is 1.85. The van der Waals surface area contributed by atoms with E-state index >= 15 is 0 Å². The zero-order valence-electron chi connectivity index (χ0n) is 12.9. The van der Waals surface area contributed by atoms with E-state index in [0.29, 0.717) is 5.56 Å². The zero-order chi connectivity index (χ0) is 16.0. The molecular weight excluding hydrogens is 359 g/mol. The third-order valence-electron chi connectivity index (χ3n) is 5.85. The van der Waals surface area contributed by atoms with Crippen LogP contribution in [0.4, 0.5) is 4.39 Å². The lowest BCUT2D eigenvalue weighted by Gasteiger charge is -2.55. The van der Waals surface area contributed by atoms with Gasteiger partial charge in [-0.3, -0.25) is 4.79 Å². The molecule has 1 N–H and O–H groups in total. The quantitative estimate of drug-likeness (QED) is 0.619. The summed E-state index contributed by atoms with van der Waals surface area (Å²) in [5, 5.41) is 4.02. The van der Waals surface area contributed by atoms with Gasteiger partial charge in [-0.15, -0.1) is 0 Å². The number of carbonyl (C=O) groups excluding carboxylic acids is 1. The largest absolute Gasteiger partial charge is 0.273 e. The first-order valence-corrected chi connectivity index (χ1v) is 9.12. The van der Waals surface area contributed by atoms with Gasteiger partial charge in [0.05, 0.1) is 11.6 Å². The predicted molar refractivity (Wildman–Crippen MR) is 90.4 cm³/mol. The van der Waals surface area contributed by atoms with Crippen LogP contribution in [-0.4, -0.2) is 12.1 Å². The molecule has 5 rings (SSSR count). The molecule has 0 aromatic heterocycles. The molecule has 23 heavy (non-hydrogen) atoms. The van der Waals surface area contributed by atoms with Crippen LogP contribution in [0.2, 0.25) is 0 Å². The molecule has 0 heterocycles. The Morgan fingerprint density at radius 2 is 1.83 bits per heavy atom. The first kappa shape index (κ1) is 15.3. The van der Waals surface area contributed by atoms with Gasteiger partial charge in [0.1, 0.15) is 5.82 Å². The maximum atomic E-state index is 13.7. The molecule has 1 amide bonds. The SMILES string of the molecule is O=C(N/N=C\c1cc(Br)ccc1F)C12CC3CC(CC(C3)C1)C2. The predicted octanol–water partition coefficient (Wildman–Crippen LogP) is 4.25. The fraction of sp³-hybridized carbons (Fsp3) is 0.556. The smallest absolute Gasteiger partial charge is 0.246 e. The number of amides is 1. The number of rotatable bonds is 3. The van der Waals surface area contributed by atoms with E-state index in [1.54, 1.807) is 12.1 Å². The average molecular weight is 379 g/mol. The van der Waals surface area contributed by atoms with Crippen LogP contribution in [0.15, 0.2) is 27.8 Å². The molecule has 4 aliphatic carbocycles. The van der Waals surface area contributed by atoms with Gasteiger partial charge in [-0.25, -0.2) is 9.82 Å². The molecule has 4 saturated carbocycles. The van der Waals surface area contributed by atoms with Crippen LogP contribution in [0.1, 0.15) is 44.1 Å². The van der Waals surface area contributed by atoms with Crippen molar-refractivity contribution in [3.63, 3.8) is 0 Å². The standard InChI is InChI=1S/C18H20BrFN2O/c19-15-1-2-16(20)14(6-15)10-21-22-17(23)18-7-11-3-12(8-18)5-13(4-11)9-18/h1-2,6,10-13H,3-5,7-9H2,(H,22,23)/b21-10-. The maximum Gasteiger partial charge on any atom is 0.246 e. The second kappa shape index (κ2) is 5.69. The number of hydrogen-bond donors (Lipinski definition) is 1. The fourth-order valence-corrected chi connectivity index (χ4v) is 5.66. The monoisotopic (exact) mass is 378 g/mol. The van der Waals surface area contributed by atoms with Crippen LogP contribution in [0, 0.1) is 29.0 Å². The number of hydrazone groups is 1. The third-order valence-corrected chi connectivity index (χ3v) is 6.34. The molecule has 0 saturated heterocycles. The van der Waals surface area contributed by atoms with Crippen LogP contribution in [0.3, 0.4) is 0 Å². The Hall–Kier alpha value is -1.23. The van der Waals surface area contributed by atoms with Gasteiger partial charge in [0.25, 0.3) is 0 Å². The molecule has 122 valence electrons. The van der Waals surface area contributed by atoms with Crippen molar-refractivity contribution in [3.8, 4) is 0 Å². The summed E-state index contributed by atoms with van der Waals surface area (Å²) in [6.07, 6.45) is 8.32. The summed E-state index contributed by atoms with van der Waals surface area (Å²) in [6, 6.07) is 4.67. The highest BCUT2D eigenvalue weighted by molar-refractivity contribution is 9.10. The van der Waals surface area contributed by atoms with Gasteiger partial charge in [-0.05, 0) is 74.5 Å². The molecule has 3 nitrogen and oxygen atoms in total. The molecule has 0 radical (unpaired) electrons. The van der Waals surface area contributed by atoms with Gasteiger partial charge in [0.2, 0.25) is 5.91 Å². The number of carbonyl (C=O) groups is 1. The van der Waals surface area contributed by atoms with E-state index < -0.39 is 0 Å². The Labute approximate surface area is 143 Å². The lowest BCUT2D eigenvalue weighted by atomic mass is 9.49. The summed E-state index contributed by atoms with van der Waals surface area (Å²) >= 11 is 3.31. The second-order valence-corrected chi connectivity index (χ2v) is 8.48. The highest BCUT2D eigenvalue weighted by Gasteiger charge is 2.54. The number of halogens is 2. The van der Waals surface area contributed by atoms with Crippen LogP contribution < -0.4 is 5.43 Å². The lowest BCUT2D eigenvalue weighted by molar-refractivity contribution is -0.146. The van der Waals surface area contributed by atoms with Gasteiger partial charge < -0.3 is 0 Å². The van der Waals surface area contributed by atoms with Gasteiger partial charge in [-0.1, -0.05) is 15.9 Å².